The lowest BCUT2D eigenvalue weighted by Gasteiger charge is -2.37. The summed E-state index contributed by atoms with van der Waals surface area (Å²) >= 11 is 5.95. The SMILES string of the molecule is C=CCOC(=O)[C@@H]1C[C@@H](Oc2ccc(Cl)cn2)CN1C(=O)[C@@H](NC(=O)[C@@H](NC(=O)c1cnccn1)C1CCCCC1)C(C)(C)C. The molecule has 13 heteroatoms. The number of rotatable bonds is 11. The van der Waals surface area contributed by atoms with Crippen molar-refractivity contribution in [3.8, 4) is 5.88 Å². The average molecular weight is 641 g/mol. The fourth-order valence-corrected chi connectivity index (χ4v) is 5.84. The van der Waals surface area contributed by atoms with Gasteiger partial charge < -0.3 is 25.0 Å². The highest BCUT2D eigenvalue weighted by atomic mass is 35.5. The number of amides is 3. The first-order chi connectivity index (χ1) is 21.5. The van der Waals surface area contributed by atoms with Crippen LogP contribution in [0.2, 0.25) is 5.02 Å². The van der Waals surface area contributed by atoms with Crippen LogP contribution >= 0.6 is 11.6 Å². The summed E-state index contributed by atoms with van der Waals surface area (Å²) in [5.41, 5.74) is -0.667. The fraction of sp³-hybridized carbons (Fsp3) is 0.531. The molecule has 3 amide bonds. The molecule has 3 heterocycles. The van der Waals surface area contributed by atoms with Gasteiger partial charge in [0.2, 0.25) is 17.7 Å². The summed E-state index contributed by atoms with van der Waals surface area (Å²) in [4.78, 5) is 68.1. The third-order valence-electron chi connectivity index (χ3n) is 8.03. The molecule has 1 saturated heterocycles. The molecular weight excluding hydrogens is 600 g/mol. The Morgan fingerprint density at radius 2 is 1.84 bits per heavy atom. The fourth-order valence-electron chi connectivity index (χ4n) is 5.73. The van der Waals surface area contributed by atoms with Crippen molar-refractivity contribution in [2.75, 3.05) is 13.2 Å². The molecule has 4 rings (SSSR count). The Morgan fingerprint density at radius 3 is 2.47 bits per heavy atom. The summed E-state index contributed by atoms with van der Waals surface area (Å²) in [6.45, 7) is 9.13. The van der Waals surface area contributed by atoms with E-state index in [2.05, 4.69) is 32.2 Å². The smallest absolute Gasteiger partial charge is 0.329 e. The van der Waals surface area contributed by atoms with Gasteiger partial charge in [-0.3, -0.25) is 19.4 Å². The number of hydrogen-bond acceptors (Lipinski definition) is 9. The topological polar surface area (TPSA) is 153 Å². The lowest BCUT2D eigenvalue weighted by Crippen LogP contribution is -2.61. The Labute approximate surface area is 268 Å². The number of aromatic nitrogens is 3. The summed E-state index contributed by atoms with van der Waals surface area (Å²) in [7, 11) is 0. The minimum atomic E-state index is -1.04. The predicted molar refractivity (Wildman–Crippen MR) is 166 cm³/mol. The molecule has 1 aliphatic heterocycles. The van der Waals surface area contributed by atoms with E-state index in [0.717, 1.165) is 32.1 Å². The van der Waals surface area contributed by atoms with E-state index in [9.17, 15) is 19.2 Å². The van der Waals surface area contributed by atoms with E-state index in [-0.39, 0.29) is 31.2 Å². The van der Waals surface area contributed by atoms with E-state index in [1.54, 1.807) is 12.1 Å². The first kappa shape index (κ1) is 33.8. The van der Waals surface area contributed by atoms with E-state index < -0.39 is 53.3 Å². The normalized spacial score (nSPS) is 20.0. The van der Waals surface area contributed by atoms with Crippen molar-refractivity contribution >= 4 is 35.3 Å². The van der Waals surface area contributed by atoms with Crippen molar-refractivity contribution in [2.24, 2.45) is 11.3 Å². The average Bonchev–Trinajstić information content (AvgIpc) is 3.46. The number of nitrogens with zero attached hydrogens (tertiary/aromatic N) is 4. The Morgan fingerprint density at radius 1 is 1.09 bits per heavy atom. The molecule has 12 nitrogen and oxygen atoms in total. The van der Waals surface area contributed by atoms with Gasteiger partial charge in [-0.25, -0.2) is 14.8 Å². The van der Waals surface area contributed by atoms with E-state index in [1.807, 2.05) is 20.8 Å². The second-order valence-electron chi connectivity index (χ2n) is 12.5. The Balaban J connectivity index is 1.57. The minimum absolute atomic E-state index is 0.0182. The predicted octanol–water partition coefficient (Wildman–Crippen LogP) is 3.51. The van der Waals surface area contributed by atoms with Gasteiger partial charge in [-0.15, -0.1) is 0 Å². The molecule has 1 saturated carbocycles. The number of pyridine rings is 1. The van der Waals surface area contributed by atoms with Gasteiger partial charge in [0.25, 0.3) is 5.91 Å². The molecule has 2 aliphatic rings. The van der Waals surface area contributed by atoms with Gasteiger partial charge in [0.15, 0.2) is 0 Å². The molecule has 0 unspecified atom stereocenters. The van der Waals surface area contributed by atoms with Crippen molar-refractivity contribution in [1.82, 2.24) is 30.5 Å². The molecule has 45 heavy (non-hydrogen) atoms. The maximum absolute atomic E-state index is 14.3. The van der Waals surface area contributed by atoms with Crippen LogP contribution in [0.5, 0.6) is 5.88 Å². The van der Waals surface area contributed by atoms with Crippen LogP contribution in [0.1, 0.15) is 69.8 Å². The lowest BCUT2D eigenvalue weighted by molar-refractivity contribution is -0.154. The molecule has 2 fully saturated rings. The van der Waals surface area contributed by atoms with Gasteiger partial charge in [-0.05, 0) is 30.2 Å². The Hall–Kier alpha value is -4.06. The van der Waals surface area contributed by atoms with Crippen LogP contribution in [0.3, 0.4) is 0 Å². The zero-order valence-corrected chi connectivity index (χ0v) is 26.7. The summed E-state index contributed by atoms with van der Waals surface area (Å²) < 4.78 is 11.3. The quantitative estimate of drug-likeness (QED) is 0.277. The van der Waals surface area contributed by atoms with E-state index in [1.165, 1.54) is 35.8 Å². The van der Waals surface area contributed by atoms with Crippen LogP contribution in [0, 0.1) is 11.3 Å². The molecule has 0 aromatic carbocycles. The number of esters is 1. The zero-order valence-electron chi connectivity index (χ0n) is 25.9. The van der Waals surface area contributed by atoms with Gasteiger partial charge in [-0.1, -0.05) is 64.3 Å². The molecule has 0 spiro atoms. The van der Waals surface area contributed by atoms with E-state index in [4.69, 9.17) is 21.1 Å². The van der Waals surface area contributed by atoms with Crippen LogP contribution in [0.25, 0.3) is 0 Å². The largest absolute Gasteiger partial charge is 0.472 e. The number of carbonyl (C=O) groups is 4. The van der Waals surface area contributed by atoms with Crippen molar-refractivity contribution in [3.63, 3.8) is 0 Å². The molecule has 1 aliphatic carbocycles. The second-order valence-corrected chi connectivity index (χ2v) is 12.9. The molecule has 2 aromatic rings. The van der Waals surface area contributed by atoms with Gasteiger partial charge >= 0.3 is 5.97 Å². The highest BCUT2D eigenvalue weighted by Crippen LogP contribution is 2.30. The van der Waals surface area contributed by atoms with Crippen molar-refractivity contribution in [1.29, 1.82) is 0 Å². The third-order valence-corrected chi connectivity index (χ3v) is 8.26. The maximum Gasteiger partial charge on any atom is 0.329 e. The zero-order chi connectivity index (χ0) is 32.6. The van der Waals surface area contributed by atoms with Crippen LogP contribution in [0.15, 0.2) is 49.6 Å². The molecule has 242 valence electrons. The van der Waals surface area contributed by atoms with Gasteiger partial charge in [0.1, 0.15) is 36.5 Å². The Bertz CT molecular complexity index is 1350. The number of likely N-dealkylation sites (tertiary alicyclic amines) is 1. The van der Waals surface area contributed by atoms with Crippen molar-refractivity contribution in [2.45, 2.75) is 83.5 Å². The van der Waals surface area contributed by atoms with Gasteiger partial charge in [0.05, 0.1) is 17.8 Å². The molecule has 0 bridgehead atoms. The minimum Gasteiger partial charge on any atom is -0.472 e. The van der Waals surface area contributed by atoms with Crippen LogP contribution < -0.4 is 15.4 Å². The Kier molecular flexibility index (Phi) is 11.5. The van der Waals surface area contributed by atoms with E-state index >= 15 is 0 Å². The first-order valence-corrected chi connectivity index (χ1v) is 15.6. The number of carbonyl (C=O) groups excluding carboxylic acids is 4. The van der Waals surface area contributed by atoms with Crippen LogP contribution in [-0.2, 0) is 19.1 Å². The standard InChI is InChI=1S/C32H41ClN6O6/c1-5-15-44-31(43)24-16-22(45-25-12-11-21(33)17-36-25)19-39(24)30(42)27(32(2,3)4)38-29(41)26(20-9-7-6-8-10-20)37-28(40)23-18-34-13-14-35-23/h5,11-14,17-18,20,22,24,26-27H,1,6-10,15-16,19H2,2-4H3,(H,37,40)(H,38,41)/t22-,24+,26+,27-/m1/s1. The summed E-state index contributed by atoms with van der Waals surface area (Å²) in [5.74, 6) is -1.88. The third kappa shape index (κ3) is 9.00. The monoisotopic (exact) mass is 640 g/mol. The number of hydrogen-bond donors (Lipinski definition) is 2. The van der Waals surface area contributed by atoms with E-state index in [0.29, 0.717) is 10.9 Å². The maximum atomic E-state index is 14.3. The van der Waals surface area contributed by atoms with Crippen LogP contribution in [-0.4, -0.2) is 80.9 Å². The highest BCUT2D eigenvalue weighted by Gasteiger charge is 2.47. The number of nitrogens with one attached hydrogen (secondary N) is 2. The molecule has 2 aromatic heterocycles. The first-order valence-electron chi connectivity index (χ1n) is 15.2. The molecule has 0 radical (unpaired) electrons. The molecule has 2 N–H and O–H groups in total. The second kappa shape index (κ2) is 15.3. The summed E-state index contributed by atoms with van der Waals surface area (Å²) in [6.07, 6.45) is 11.1. The number of halogens is 1. The van der Waals surface area contributed by atoms with Crippen LogP contribution in [0.4, 0.5) is 0 Å². The lowest BCUT2D eigenvalue weighted by atomic mass is 9.82. The highest BCUT2D eigenvalue weighted by molar-refractivity contribution is 6.30. The molecular formula is C32H41ClN6O6. The van der Waals surface area contributed by atoms with Crippen molar-refractivity contribution < 1.29 is 28.7 Å². The van der Waals surface area contributed by atoms with Gasteiger partial charge in [-0.2, -0.15) is 0 Å². The van der Waals surface area contributed by atoms with Gasteiger partial charge in [0, 0.05) is 31.1 Å². The summed E-state index contributed by atoms with van der Waals surface area (Å²) in [6, 6.07) is 0.357. The molecule has 4 atom stereocenters. The summed E-state index contributed by atoms with van der Waals surface area (Å²) in [5, 5.41) is 6.25. The number of ether oxygens (including phenoxy) is 2. The van der Waals surface area contributed by atoms with Crippen molar-refractivity contribution in [3.05, 3.63) is 60.3 Å².